The zero-order valence-electron chi connectivity index (χ0n) is 12.8. The van der Waals surface area contributed by atoms with Gasteiger partial charge >= 0.3 is 0 Å². The molecule has 1 unspecified atom stereocenters. The molecule has 0 spiro atoms. The summed E-state index contributed by atoms with van der Waals surface area (Å²) >= 11 is 0. The summed E-state index contributed by atoms with van der Waals surface area (Å²) in [5.74, 6) is -0.155. The summed E-state index contributed by atoms with van der Waals surface area (Å²) in [5.41, 5.74) is 6.98. The maximum Gasteiger partial charge on any atom is 0.254 e. The zero-order chi connectivity index (χ0) is 14.9. The summed E-state index contributed by atoms with van der Waals surface area (Å²) in [6, 6.07) is 7.11. The van der Waals surface area contributed by atoms with Crippen LogP contribution in [0.2, 0.25) is 0 Å². The number of rotatable bonds is 2. The molecule has 1 saturated heterocycles. The van der Waals surface area contributed by atoms with Crippen molar-refractivity contribution in [3.63, 3.8) is 0 Å². The fourth-order valence-electron chi connectivity index (χ4n) is 2.69. The van der Waals surface area contributed by atoms with Crippen LogP contribution >= 0.6 is 12.4 Å². The Morgan fingerprint density at radius 3 is 2.33 bits per heavy atom. The molecule has 5 heteroatoms. The smallest absolute Gasteiger partial charge is 0.254 e. The Hall–Kier alpha value is -1.39. The lowest BCUT2D eigenvalue weighted by Gasteiger charge is -2.42. The molecule has 1 fully saturated rings. The molecular formula is C16H23ClN2O2. The molecule has 1 aromatic carbocycles. The predicted molar refractivity (Wildman–Crippen MR) is 86.0 cm³/mol. The van der Waals surface area contributed by atoms with Crippen molar-refractivity contribution in [3.8, 4) is 0 Å². The number of halogens is 1. The van der Waals surface area contributed by atoms with Crippen molar-refractivity contribution in [1.29, 1.82) is 0 Å². The zero-order valence-corrected chi connectivity index (χ0v) is 13.6. The molecule has 2 rings (SSSR count). The Balaban J connectivity index is 0.00000220. The van der Waals surface area contributed by atoms with Gasteiger partial charge in [0.1, 0.15) is 0 Å². The van der Waals surface area contributed by atoms with Gasteiger partial charge in [-0.3, -0.25) is 9.59 Å². The third-order valence-electron chi connectivity index (χ3n) is 4.14. The number of amides is 1. The van der Waals surface area contributed by atoms with E-state index in [0.717, 1.165) is 6.42 Å². The van der Waals surface area contributed by atoms with Gasteiger partial charge in [-0.15, -0.1) is 12.4 Å². The van der Waals surface area contributed by atoms with Crippen LogP contribution < -0.4 is 5.73 Å². The van der Waals surface area contributed by atoms with E-state index in [1.165, 1.54) is 6.92 Å². The first-order valence-electron chi connectivity index (χ1n) is 6.98. The molecule has 116 valence electrons. The monoisotopic (exact) mass is 310 g/mol. The van der Waals surface area contributed by atoms with E-state index < -0.39 is 0 Å². The lowest BCUT2D eigenvalue weighted by Crippen LogP contribution is -2.54. The number of piperidine rings is 1. The van der Waals surface area contributed by atoms with Gasteiger partial charge in [0, 0.05) is 24.7 Å². The van der Waals surface area contributed by atoms with Crippen molar-refractivity contribution in [2.45, 2.75) is 33.2 Å². The van der Waals surface area contributed by atoms with Crippen LogP contribution in [-0.2, 0) is 0 Å². The number of hydrogen-bond acceptors (Lipinski definition) is 3. The average molecular weight is 311 g/mol. The van der Waals surface area contributed by atoms with Crippen LogP contribution in [0.15, 0.2) is 24.3 Å². The summed E-state index contributed by atoms with van der Waals surface area (Å²) in [4.78, 5) is 26.1. The largest absolute Gasteiger partial charge is 0.338 e. The standard InChI is InChI=1S/C16H22N2O2.ClH/c1-11(19)12-6-4-5-7-13(12)15(20)18-9-8-14(17)16(2,3)10-18;/h4-7,14H,8-10,17H2,1-3H3;1H. The fraction of sp³-hybridized carbons (Fsp3) is 0.500. The van der Waals surface area contributed by atoms with Crippen molar-refractivity contribution >= 4 is 24.1 Å². The number of benzene rings is 1. The van der Waals surface area contributed by atoms with E-state index in [2.05, 4.69) is 13.8 Å². The first-order valence-corrected chi connectivity index (χ1v) is 6.98. The van der Waals surface area contributed by atoms with Crippen LogP contribution in [-0.4, -0.2) is 35.7 Å². The van der Waals surface area contributed by atoms with Gasteiger partial charge in [0.25, 0.3) is 5.91 Å². The summed E-state index contributed by atoms with van der Waals surface area (Å²) in [5, 5.41) is 0. The number of carbonyl (C=O) groups excluding carboxylic acids is 2. The quantitative estimate of drug-likeness (QED) is 0.854. The lowest BCUT2D eigenvalue weighted by atomic mass is 9.79. The summed E-state index contributed by atoms with van der Waals surface area (Å²) < 4.78 is 0. The van der Waals surface area contributed by atoms with E-state index in [0.29, 0.717) is 24.2 Å². The molecule has 4 nitrogen and oxygen atoms in total. The highest BCUT2D eigenvalue weighted by Gasteiger charge is 2.36. The Morgan fingerprint density at radius 2 is 1.81 bits per heavy atom. The van der Waals surface area contributed by atoms with E-state index in [4.69, 9.17) is 5.73 Å². The SMILES string of the molecule is CC(=O)c1ccccc1C(=O)N1CCC(N)C(C)(C)C1.Cl. The maximum absolute atomic E-state index is 12.7. The summed E-state index contributed by atoms with van der Waals surface area (Å²) in [7, 11) is 0. The molecule has 0 aromatic heterocycles. The van der Waals surface area contributed by atoms with Crippen molar-refractivity contribution in [2.24, 2.45) is 11.1 Å². The molecule has 1 aliphatic heterocycles. The minimum atomic E-state index is -0.0981. The Labute approximate surface area is 132 Å². The van der Waals surface area contributed by atoms with Gasteiger partial charge in [-0.25, -0.2) is 0 Å². The Bertz CT molecular complexity index is 543. The molecule has 1 aliphatic rings. The number of nitrogens with zero attached hydrogens (tertiary/aromatic N) is 1. The van der Waals surface area contributed by atoms with Gasteiger partial charge in [0.2, 0.25) is 0 Å². The number of Topliss-reactive ketones (excluding diaryl/α,β-unsaturated/α-hetero) is 1. The number of nitrogens with two attached hydrogens (primary N) is 1. The molecular weight excluding hydrogens is 288 g/mol. The van der Waals surface area contributed by atoms with E-state index in [-0.39, 0.29) is 35.6 Å². The van der Waals surface area contributed by atoms with E-state index >= 15 is 0 Å². The van der Waals surface area contributed by atoms with Crippen molar-refractivity contribution in [3.05, 3.63) is 35.4 Å². The molecule has 2 N–H and O–H groups in total. The fourth-order valence-corrected chi connectivity index (χ4v) is 2.69. The molecule has 0 aliphatic carbocycles. The van der Waals surface area contributed by atoms with E-state index in [9.17, 15) is 9.59 Å². The van der Waals surface area contributed by atoms with Crippen molar-refractivity contribution in [1.82, 2.24) is 4.90 Å². The van der Waals surface area contributed by atoms with Crippen LogP contribution in [0.25, 0.3) is 0 Å². The van der Waals surface area contributed by atoms with Crippen LogP contribution in [0.3, 0.4) is 0 Å². The molecule has 0 radical (unpaired) electrons. The van der Waals surface area contributed by atoms with Gasteiger partial charge < -0.3 is 10.6 Å². The maximum atomic E-state index is 12.7. The first kappa shape index (κ1) is 17.7. The minimum absolute atomic E-state index is 0. The second-order valence-electron chi connectivity index (χ2n) is 6.21. The average Bonchev–Trinajstić information content (AvgIpc) is 2.41. The summed E-state index contributed by atoms with van der Waals surface area (Å²) in [6.07, 6.45) is 0.793. The Morgan fingerprint density at radius 1 is 1.24 bits per heavy atom. The van der Waals surface area contributed by atoms with E-state index in [1.54, 1.807) is 24.3 Å². The molecule has 1 heterocycles. The number of hydrogen-bond donors (Lipinski definition) is 1. The topological polar surface area (TPSA) is 63.4 Å². The Kier molecular flexibility index (Phi) is 5.54. The normalized spacial score (nSPS) is 20.6. The second kappa shape index (κ2) is 6.58. The molecule has 1 atom stereocenters. The lowest BCUT2D eigenvalue weighted by molar-refractivity contribution is 0.0530. The minimum Gasteiger partial charge on any atom is -0.338 e. The summed E-state index contributed by atoms with van der Waals surface area (Å²) in [6.45, 7) is 6.92. The number of ketones is 1. The predicted octanol–water partition coefficient (Wildman–Crippen LogP) is 2.51. The van der Waals surface area contributed by atoms with Crippen LogP contribution in [0.5, 0.6) is 0 Å². The number of likely N-dealkylation sites (tertiary alicyclic amines) is 1. The first-order chi connectivity index (χ1) is 9.33. The molecule has 1 amide bonds. The van der Waals surface area contributed by atoms with Gasteiger partial charge in [-0.1, -0.05) is 32.0 Å². The third-order valence-corrected chi connectivity index (χ3v) is 4.14. The molecule has 0 bridgehead atoms. The van der Waals surface area contributed by atoms with Gasteiger partial charge in [0.05, 0.1) is 5.56 Å². The van der Waals surface area contributed by atoms with Crippen LogP contribution in [0.4, 0.5) is 0 Å². The van der Waals surface area contributed by atoms with E-state index in [1.807, 2.05) is 4.90 Å². The van der Waals surface area contributed by atoms with Crippen LogP contribution in [0, 0.1) is 5.41 Å². The molecule has 21 heavy (non-hydrogen) atoms. The second-order valence-corrected chi connectivity index (χ2v) is 6.21. The highest BCUT2D eigenvalue weighted by Crippen LogP contribution is 2.29. The van der Waals surface area contributed by atoms with Crippen LogP contribution in [0.1, 0.15) is 47.9 Å². The van der Waals surface area contributed by atoms with Gasteiger partial charge in [0.15, 0.2) is 5.78 Å². The highest BCUT2D eigenvalue weighted by molar-refractivity contribution is 6.07. The highest BCUT2D eigenvalue weighted by atomic mass is 35.5. The third kappa shape index (κ3) is 3.63. The van der Waals surface area contributed by atoms with Gasteiger partial charge in [-0.05, 0) is 24.8 Å². The van der Waals surface area contributed by atoms with Gasteiger partial charge in [-0.2, -0.15) is 0 Å². The number of carbonyl (C=O) groups is 2. The molecule has 1 aromatic rings. The van der Waals surface area contributed by atoms with Crippen molar-refractivity contribution in [2.75, 3.05) is 13.1 Å². The molecule has 0 saturated carbocycles. The van der Waals surface area contributed by atoms with Crippen molar-refractivity contribution < 1.29 is 9.59 Å².